The van der Waals surface area contributed by atoms with Crippen molar-refractivity contribution in [1.29, 1.82) is 5.26 Å². The fourth-order valence-corrected chi connectivity index (χ4v) is 3.80. The van der Waals surface area contributed by atoms with Crippen LogP contribution < -0.4 is 18.9 Å². The van der Waals surface area contributed by atoms with Crippen molar-refractivity contribution in [3.05, 3.63) is 83.3 Å². The molecular weight excluding hydrogens is 428 g/mol. The molecule has 0 spiro atoms. The molecule has 164 valence electrons. The molecule has 0 radical (unpaired) electrons. The van der Waals surface area contributed by atoms with Gasteiger partial charge in [0, 0.05) is 0 Å². The van der Waals surface area contributed by atoms with E-state index in [4.69, 9.17) is 14.2 Å². The Morgan fingerprint density at radius 1 is 1.00 bits per heavy atom. The number of nitrogens with one attached hydrogen (secondary N) is 1. The minimum absolute atomic E-state index is 0.210. The summed E-state index contributed by atoms with van der Waals surface area (Å²) < 4.78 is 44.9. The van der Waals surface area contributed by atoms with Gasteiger partial charge in [-0.2, -0.15) is 5.26 Å². The van der Waals surface area contributed by atoms with E-state index in [0.717, 1.165) is 0 Å². The van der Waals surface area contributed by atoms with Crippen LogP contribution in [0.1, 0.15) is 12.5 Å². The Morgan fingerprint density at radius 3 is 2.41 bits per heavy atom. The molecule has 8 heteroatoms. The third-order valence-corrected chi connectivity index (χ3v) is 5.56. The first-order chi connectivity index (χ1) is 15.5. The second-order valence-corrected chi connectivity index (χ2v) is 8.13. The lowest BCUT2D eigenvalue weighted by Crippen LogP contribution is -2.14. The predicted molar refractivity (Wildman–Crippen MR) is 123 cm³/mol. The van der Waals surface area contributed by atoms with Crippen LogP contribution in [0.15, 0.2) is 77.7 Å². The fourth-order valence-electron chi connectivity index (χ4n) is 2.83. The zero-order valence-electron chi connectivity index (χ0n) is 17.6. The number of hydrogen-bond donors (Lipinski definition) is 1. The molecule has 3 rings (SSSR count). The molecule has 0 aliphatic carbocycles. The van der Waals surface area contributed by atoms with Crippen LogP contribution in [0, 0.1) is 11.3 Å². The molecule has 0 amide bonds. The number of anilines is 1. The summed E-state index contributed by atoms with van der Waals surface area (Å²) in [5.74, 6) is 1.82. The van der Waals surface area contributed by atoms with Crippen LogP contribution in [0.3, 0.4) is 0 Å². The second-order valence-electron chi connectivity index (χ2n) is 6.48. The van der Waals surface area contributed by atoms with E-state index in [-0.39, 0.29) is 5.69 Å². The van der Waals surface area contributed by atoms with Gasteiger partial charge in [0.1, 0.15) is 11.8 Å². The van der Waals surface area contributed by atoms with Crippen molar-refractivity contribution in [2.45, 2.75) is 6.92 Å². The van der Waals surface area contributed by atoms with E-state index in [1.54, 1.807) is 60.7 Å². The molecule has 0 heterocycles. The molecule has 0 saturated carbocycles. The molecule has 0 saturated heterocycles. The van der Waals surface area contributed by atoms with Gasteiger partial charge < -0.3 is 14.2 Å². The Bertz CT molecular complexity index is 1250. The van der Waals surface area contributed by atoms with Crippen molar-refractivity contribution in [2.75, 3.05) is 18.4 Å². The Morgan fingerprint density at radius 2 is 1.72 bits per heavy atom. The maximum absolute atomic E-state index is 13.0. The molecule has 0 atom stereocenters. The summed E-state index contributed by atoms with van der Waals surface area (Å²) in [7, 11) is -2.70. The molecule has 7 nitrogen and oxygen atoms in total. The van der Waals surface area contributed by atoms with Crippen LogP contribution in [0.2, 0.25) is 0 Å². The van der Waals surface area contributed by atoms with E-state index in [9.17, 15) is 13.7 Å². The quantitative estimate of drug-likeness (QED) is 0.451. The lowest BCUT2D eigenvalue weighted by molar-refractivity contribution is 0.311. The summed E-state index contributed by atoms with van der Waals surface area (Å²) in [6, 6.07) is 22.2. The molecule has 0 bridgehead atoms. The fraction of sp³-hybridized carbons (Fsp3) is 0.125. The van der Waals surface area contributed by atoms with Crippen LogP contribution in [-0.4, -0.2) is 22.1 Å². The number of nitrogens with zero attached hydrogens (tertiary/aromatic N) is 1. The molecule has 1 N–H and O–H groups in total. The number of hydrogen-bond acceptors (Lipinski definition) is 6. The summed E-state index contributed by atoms with van der Waals surface area (Å²) in [6.45, 7) is 2.30. The predicted octanol–water partition coefficient (Wildman–Crippen LogP) is 5.19. The van der Waals surface area contributed by atoms with E-state index >= 15 is 0 Å². The van der Waals surface area contributed by atoms with Crippen LogP contribution >= 0.6 is 0 Å². The average Bonchev–Trinajstić information content (AvgIpc) is 2.80. The molecule has 32 heavy (non-hydrogen) atoms. The standard InChI is InChI=1S/C24H22N2O5S/c1-3-30-23-14-13-18(16-24(23)29-2)15-20(17-25)32(27,28)26-21-11-7-8-12-22(21)31-19-9-5-4-6-10-19/h4-16,26H,3H2,1-2H3/b20-15+. The Hall–Kier alpha value is -3.96. The highest BCUT2D eigenvalue weighted by molar-refractivity contribution is 7.97. The van der Waals surface area contributed by atoms with Crippen molar-refractivity contribution in [1.82, 2.24) is 0 Å². The third kappa shape index (κ3) is 5.59. The van der Waals surface area contributed by atoms with Gasteiger partial charge in [0.15, 0.2) is 22.2 Å². The SMILES string of the molecule is CCOc1ccc(/C=C(\C#N)S(=O)(=O)Nc2ccccc2Oc2ccccc2)cc1OC. The number of rotatable bonds is 9. The van der Waals surface area contributed by atoms with Crippen molar-refractivity contribution >= 4 is 21.8 Å². The van der Waals surface area contributed by atoms with Gasteiger partial charge in [0.2, 0.25) is 0 Å². The number of para-hydroxylation sites is 3. The van der Waals surface area contributed by atoms with Crippen molar-refractivity contribution in [3.8, 4) is 29.1 Å². The van der Waals surface area contributed by atoms with Crippen LogP contribution in [0.25, 0.3) is 6.08 Å². The largest absolute Gasteiger partial charge is 0.493 e. The highest BCUT2D eigenvalue weighted by atomic mass is 32.2. The van der Waals surface area contributed by atoms with Gasteiger partial charge in [-0.15, -0.1) is 0 Å². The lowest BCUT2D eigenvalue weighted by atomic mass is 10.2. The zero-order chi connectivity index (χ0) is 23.0. The summed E-state index contributed by atoms with van der Waals surface area (Å²) in [5, 5.41) is 9.55. The number of methoxy groups -OCH3 is 1. The van der Waals surface area contributed by atoms with E-state index in [0.29, 0.717) is 35.2 Å². The average molecular weight is 451 g/mol. The van der Waals surface area contributed by atoms with E-state index in [1.807, 2.05) is 25.1 Å². The Balaban J connectivity index is 1.90. The monoisotopic (exact) mass is 450 g/mol. The molecule has 0 aliphatic heterocycles. The summed E-state index contributed by atoms with van der Waals surface area (Å²) in [4.78, 5) is -0.460. The lowest BCUT2D eigenvalue weighted by Gasteiger charge is -2.13. The maximum Gasteiger partial charge on any atom is 0.272 e. The van der Waals surface area contributed by atoms with Gasteiger partial charge in [-0.3, -0.25) is 4.72 Å². The van der Waals surface area contributed by atoms with Gasteiger partial charge in [-0.05, 0) is 55.0 Å². The van der Waals surface area contributed by atoms with Gasteiger partial charge in [0.05, 0.1) is 19.4 Å². The maximum atomic E-state index is 13.0. The van der Waals surface area contributed by atoms with E-state index in [2.05, 4.69) is 4.72 Å². The van der Waals surface area contributed by atoms with Crippen molar-refractivity contribution in [3.63, 3.8) is 0 Å². The van der Waals surface area contributed by atoms with Crippen molar-refractivity contribution in [2.24, 2.45) is 0 Å². The summed E-state index contributed by atoms with van der Waals surface area (Å²) >= 11 is 0. The first kappa shape index (κ1) is 22.7. The smallest absolute Gasteiger partial charge is 0.272 e. The number of sulfonamides is 1. The molecule has 0 fully saturated rings. The molecule has 3 aromatic carbocycles. The Kier molecular flexibility index (Phi) is 7.37. The molecular formula is C24H22N2O5S. The van der Waals surface area contributed by atoms with Crippen LogP contribution in [0.5, 0.6) is 23.0 Å². The minimum atomic E-state index is -4.18. The van der Waals surface area contributed by atoms with E-state index in [1.165, 1.54) is 13.2 Å². The first-order valence-electron chi connectivity index (χ1n) is 9.74. The van der Waals surface area contributed by atoms with Gasteiger partial charge in [-0.25, -0.2) is 8.42 Å². The molecule has 0 aromatic heterocycles. The topological polar surface area (TPSA) is 97.7 Å². The number of benzene rings is 3. The highest BCUT2D eigenvalue weighted by Crippen LogP contribution is 2.32. The van der Waals surface area contributed by atoms with E-state index < -0.39 is 14.9 Å². The normalized spacial score (nSPS) is 11.3. The number of allylic oxidation sites excluding steroid dienone is 1. The van der Waals surface area contributed by atoms with Crippen LogP contribution in [0.4, 0.5) is 5.69 Å². The van der Waals surface area contributed by atoms with Crippen molar-refractivity contribution < 1.29 is 22.6 Å². The first-order valence-corrected chi connectivity index (χ1v) is 11.2. The second kappa shape index (κ2) is 10.4. The molecule has 3 aromatic rings. The molecule has 0 aliphatic rings. The number of ether oxygens (including phenoxy) is 3. The summed E-state index contributed by atoms with van der Waals surface area (Å²) in [6.07, 6.45) is 1.27. The van der Waals surface area contributed by atoms with Gasteiger partial charge in [-0.1, -0.05) is 36.4 Å². The summed E-state index contributed by atoms with van der Waals surface area (Å²) in [5.41, 5.74) is 0.683. The van der Waals surface area contributed by atoms with Gasteiger partial charge in [0.25, 0.3) is 10.0 Å². The zero-order valence-corrected chi connectivity index (χ0v) is 18.4. The number of nitriles is 1. The van der Waals surface area contributed by atoms with Gasteiger partial charge >= 0.3 is 0 Å². The third-order valence-electron chi connectivity index (χ3n) is 4.29. The minimum Gasteiger partial charge on any atom is -0.493 e. The highest BCUT2D eigenvalue weighted by Gasteiger charge is 2.20. The Labute approximate surface area is 187 Å². The molecule has 0 unspecified atom stereocenters. The van der Waals surface area contributed by atoms with Crippen LogP contribution in [-0.2, 0) is 10.0 Å².